The van der Waals surface area contributed by atoms with Crippen molar-refractivity contribution in [1.82, 2.24) is 0 Å². The fourth-order valence-electron chi connectivity index (χ4n) is 1.76. The second-order valence-electron chi connectivity index (χ2n) is 4.53. The van der Waals surface area contributed by atoms with Crippen LogP contribution in [0.3, 0.4) is 0 Å². The molecule has 0 radical (unpaired) electrons. The first-order chi connectivity index (χ1) is 10.1. The minimum absolute atomic E-state index is 0.758. The van der Waals surface area contributed by atoms with Crippen molar-refractivity contribution in [2.24, 2.45) is 0 Å². The summed E-state index contributed by atoms with van der Waals surface area (Å²) in [5, 5.41) is 9.33. The molecule has 2 nitrogen and oxygen atoms in total. The SMILES string of the molecule is O=C(O)/C=C/c1ccc(CSCc2ccc(Cl)cc2)cc1. The average molecular weight is 319 g/mol. The fourth-order valence-corrected chi connectivity index (χ4v) is 2.84. The summed E-state index contributed by atoms with van der Waals surface area (Å²) in [6.45, 7) is 0. The molecule has 0 spiro atoms. The first-order valence-corrected chi connectivity index (χ1v) is 7.99. The van der Waals surface area contributed by atoms with Gasteiger partial charge in [0.1, 0.15) is 0 Å². The van der Waals surface area contributed by atoms with Crippen molar-refractivity contribution in [3.05, 3.63) is 76.3 Å². The molecular weight excluding hydrogens is 304 g/mol. The second kappa shape index (κ2) is 7.91. The third kappa shape index (κ3) is 5.66. The highest BCUT2D eigenvalue weighted by atomic mass is 35.5. The van der Waals surface area contributed by atoms with Crippen molar-refractivity contribution in [3.8, 4) is 0 Å². The summed E-state index contributed by atoms with van der Waals surface area (Å²) >= 11 is 7.69. The van der Waals surface area contributed by atoms with Crippen LogP contribution in [0.15, 0.2) is 54.6 Å². The van der Waals surface area contributed by atoms with E-state index in [9.17, 15) is 4.79 Å². The van der Waals surface area contributed by atoms with Crippen molar-refractivity contribution < 1.29 is 9.90 Å². The summed E-state index contributed by atoms with van der Waals surface area (Å²) in [5.74, 6) is 0.932. The standard InChI is InChI=1S/C17H15ClO2S/c18-16-8-5-15(6-9-16)12-21-11-14-3-1-13(2-4-14)7-10-17(19)20/h1-10H,11-12H2,(H,19,20)/b10-7+. The Balaban J connectivity index is 1.83. The van der Waals surface area contributed by atoms with Gasteiger partial charge in [0.25, 0.3) is 0 Å². The summed E-state index contributed by atoms with van der Waals surface area (Å²) in [6.07, 6.45) is 2.73. The van der Waals surface area contributed by atoms with E-state index in [2.05, 4.69) is 0 Å². The number of carboxylic acids is 1. The molecule has 0 atom stereocenters. The number of carbonyl (C=O) groups is 1. The Morgan fingerprint density at radius 1 is 1.00 bits per heavy atom. The maximum Gasteiger partial charge on any atom is 0.328 e. The topological polar surface area (TPSA) is 37.3 Å². The Morgan fingerprint density at radius 3 is 2.05 bits per heavy atom. The molecule has 0 aliphatic carbocycles. The summed E-state index contributed by atoms with van der Waals surface area (Å²) < 4.78 is 0. The van der Waals surface area contributed by atoms with Crippen molar-refractivity contribution in [2.45, 2.75) is 11.5 Å². The molecule has 0 unspecified atom stereocenters. The van der Waals surface area contributed by atoms with Crippen molar-refractivity contribution >= 4 is 35.4 Å². The fraction of sp³-hybridized carbons (Fsp3) is 0.118. The number of benzene rings is 2. The summed E-state index contributed by atoms with van der Waals surface area (Å²) in [7, 11) is 0. The highest BCUT2D eigenvalue weighted by molar-refractivity contribution is 7.97. The molecule has 0 saturated heterocycles. The summed E-state index contributed by atoms with van der Waals surface area (Å²) in [6, 6.07) is 15.8. The van der Waals surface area contributed by atoms with Gasteiger partial charge in [0, 0.05) is 22.6 Å². The van der Waals surface area contributed by atoms with E-state index in [1.54, 1.807) is 6.08 Å². The van der Waals surface area contributed by atoms with E-state index >= 15 is 0 Å². The van der Waals surface area contributed by atoms with Gasteiger partial charge in [0.15, 0.2) is 0 Å². The molecular formula is C17H15ClO2S. The zero-order valence-electron chi connectivity index (χ0n) is 11.3. The van der Waals surface area contributed by atoms with Gasteiger partial charge in [-0.25, -0.2) is 4.79 Å². The molecule has 108 valence electrons. The normalized spacial score (nSPS) is 10.9. The Hall–Kier alpha value is -1.71. The van der Waals surface area contributed by atoms with Crippen LogP contribution in [0.4, 0.5) is 0 Å². The lowest BCUT2D eigenvalue weighted by molar-refractivity contribution is -0.131. The molecule has 4 heteroatoms. The minimum Gasteiger partial charge on any atom is -0.478 e. The van der Waals surface area contributed by atoms with Gasteiger partial charge in [-0.15, -0.1) is 0 Å². The molecule has 21 heavy (non-hydrogen) atoms. The van der Waals surface area contributed by atoms with Crippen LogP contribution < -0.4 is 0 Å². The molecule has 0 aliphatic rings. The van der Waals surface area contributed by atoms with Crippen LogP contribution in [0.2, 0.25) is 5.02 Å². The van der Waals surface area contributed by atoms with E-state index in [4.69, 9.17) is 16.7 Å². The van der Waals surface area contributed by atoms with Gasteiger partial charge >= 0.3 is 5.97 Å². The van der Waals surface area contributed by atoms with Crippen LogP contribution >= 0.6 is 23.4 Å². The first kappa shape index (κ1) is 15.7. The molecule has 1 N–H and O–H groups in total. The van der Waals surface area contributed by atoms with Crippen molar-refractivity contribution in [3.63, 3.8) is 0 Å². The van der Waals surface area contributed by atoms with Gasteiger partial charge in [0.2, 0.25) is 0 Å². The van der Waals surface area contributed by atoms with Crippen LogP contribution in [0.25, 0.3) is 6.08 Å². The molecule has 0 fully saturated rings. The number of thioether (sulfide) groups is 1. The molecule has 0 amide bonds. The van der Waals surface area contributed by atoms with Gasteiger partial charge in [-0.3, -0.25) is 0 Å². The third-order valence-electron chi connectivity index (χ3n) is 2.85. The Morgan fingerprint density at radius 2 is 1.52 bits per heavy atom. The van der Waals surface area contributed by atoms with Crippen molar-refractivity contribution in [1.29, 1.82) is 0 Å². The van der Waals surface area contributed by atoms with E-state index in [0.717, 1.165) is 28.2 Å². The lowest BCUT2D eigenvalue weighted by Crippen LogP contribution is -1.86. The maximum absolute atomic E-state index is 10.4. The largest absolute Gasteiger partial charge is 0.478 e. The zero-order chi connectivity index (χ0) is 15.1. The first-order valence-electron chi connectivity index (χ1n) is 6.45. The monoisotopic (exact) mass is 318 g/mol. The van der Waals surface area contributed by atoms with Crippen LogP contribution in [0, 0.1) is 0 Å². The molecule has 0 aliphatic heterocycles. The highest BCUT2D eigenvalue weighted by Gasteiger charge is 1.97. The van der Waals surface area contributed by atoms with Crippen LogP contribution in [0.1, 0.15) is 16.7 Å². The Kier molecular flexibility index (Phi) is 5.90. The number of halogens is 1. The smallest absolute Gasteiger partial charge is 0.328 e. The van der Waals surface area contributed by atoms with E-state index in [1.807, 2.05) is 60.3 Å². The van der Waals surface area contributed by atoms with Gasteiger partial charge in [-0.05, 0) is 34.9 Å². The number of hydrogen-bond acceptors (Lipinski definition) is 2. The van der Waals surface area contributed by atoms with E-state index in [0.29, 0.717) is 0 Å². The lowest BCUT2D eigenvalue weighted by Gasteiger charge is -2.03. The molecule has 0 heterocycles. The maximum atomic E-state index is 10.4. The predicted molar refractivity (Wildman–Crippen MR) is 89.6 cm³/mol. The summed E-state index contributed by atoms with van der Waals surface area (Å²) in [5.41, 5.74) is 3.37. The molecule has 0 aromatic heterocycles. The van der Waals surface area contributed by atoms with Gasteiger partial charge in [-0.2, -0.15) is 11.8 Å². The van der Waals surface area contributed by atoms with Crippen molar-refractivity contribution in [2.75, 3.05) is 0 Å². The quantitative estimate of drug-likeness (QED) is 0.772. The molecule has 0 bridgehead atoms. The summed E-state index contributed by atoms with van der Waals surface area (Å²) in [4.78, 5) is 10.4. The van der Waals surface area contributed by atoms with Crippen LogP contribution in [-0.4, -0.2) is 11.1 Å². The number of rotatable bonds is 6. The number of hydrogen-bond donors (Lipinski definition) is 1. The van der Waals surface area contributed by atoms with E-state index in [1.165, 1.54) is 11.1 Å². The molecule has 2 aromatic carbocycles. The Labute approximate surface area is 133 Å². The number of aliphatic carboxylic acids is 1. The minimum atomic E-state index is -0.933. The number of carboxylic acid groups (broad SMARTS) is 1. The van der Waals surface area contributed by atoms with Crippen LogP contribution in [-0.2, 0) is 16.3 Å². The van der Waals surface area contributed by atoms with Gasteiger partial charge in [0.05, 0.1) is 0 Å². The zero-order valence-corrected chi connectivity index (χ0v) is 12.9. The average Bonchev–Trinajstić information content (AvgIpc) is 2.48. The van der Waals surface area contributed by atoms with E-state index in [-0.39, 0.29) is 0 Å². The molecule has 2 rings (SSSR count). The lowest BCUT2D eigenvalue weighted by atomic mass is 10.1. The van der Waals surface area contributed by atoms with Crippen LogP contribution in [0.5, 0.6) is 0 Å². The Bertz CT molecular complexity index is 618. The molecule has 2 aromatic rings. The van der Waals surface area contributed by atoms with Gasteiger partial charge in [-0.1, -0.05) is 48.0 Å². The van der Waals surface area contributed by atoms with Gasteiger partial charge < -0.3 is 5.11 Å². The second-order valence-corrected chi connectivity index (χ2v) is 5.95. The predicted octanol–water partition coefficient (Wildman–Crippen LogP) is 4.87. The third-order valence-corrected chi connectivity index (χ3v) is 4.18. The molecule has 0 saturated carbocycles. The highest BCUT2D eigenvalue weighted by Crippen LogP contribution is 2.19. The van der Waals surface area contributed by atoms with E-state index < -0.39 is 5.97 Å².